The third kappa shape index (κ3) is 2.09. The third-order valence-corrected chi connectivity index (χ3v) is 4.42. The molecule has 4 heteroatoms. The van der Waals surface area contributed by atoms with Crippen molar-refractivity contribution < 1.29 is 0 Å². The number of halogens is 1. The first-order valence-corrected chi connectivity index (χ1v) is 7.18. The summed E-state index contributed by atoms with van der Waals surface area (Å²) in [5.74, 6) is 1.29. The van der Waals surface area contributed by atoms with Crippen LogP contribution >= 0.6 is 22.6 Å². The minimum atomic E-state index is -0.0219. The SMILES string of the molecule is O=c1[nH]c(C2CCC2)nc(-c2ccccc2)c1I. The van der Waals surface area contributed by atoms with E-state index in [0.717, 1.165) is 29.9 Å². The number of hydrogen-bond donors (Lipinski definition) is 1. The highest BCUT2D eigenvalue weighted by atomic mass is 127. The van der Waals surface area contributed by atoms with Crippen molar-refractivity contribution in [2.45, 2.75) is 25.2 Å². The number of aromatic amines is 1. The Morgan fingerprint density at radius 1 is 1.22 bits per heavy atom. The Morgan fingerprint density at radius 2 is 1.94 bits per heavy atom. The van der Waals surface area contributed by atoms with E-state index >= 15 is 0 Å². The zero-order valence-corrected chi connectivity index (χ0v) is 12.0. The molecule has 2 aromatic rings. The van der Waals surface area contributed by atoms with Crippen molar-refractivity contribution in [1.82, 2.24) is 9.97 Å². The summed E-state index contributed by atoms with van der Waals surface area (Å²) in [5, 5.41) is 0. The van der Waals surface area contributed by atoms with E-state index in [1.807, 2.05) is 30.3 Å². The molecule has 18 heavy (non-hydrogen) atoms. The molecular weight excluding hydrogens is 339 g/mol. The summed E-state index contributed by atoms with van der Waals surface area (Å²) in [6.45, 7) is 0. The zero-order valence-electron chi connectivity index (χ0n) is 9.82. The van der Waals surface area contributed by atoms with E-state index in [1.54, 1.807) is 0 Å². The zero-order chi connectivity index (χ0) is 12.5. The minimum absolute atomic E-state index is 0.0219. The summed E-state index contributed by atoms with van der Waals surface area (Å²) < 4.78 is 0.668. The summed E-state index contributed by atoms with van der Waals surface area (Å²) in [7, 11) is 0. The lowest BCUT2D eigenvalue weighted by Gasteiger charge is -2.24. The van der Waals surface area contributed by atoms with Crippen LogP contribution < -0.4 is 5.56 Å². The van der Waals surface area contributed by atoms with Crippen molar-refractivity contribution in [3.05, 3.63) is 50.1 Å². The Morgan fingerprint density at radius 3 is 2.56 bits per heavy atom. The topological polar surface area (TPSA) is 45.8 Å². The molecule has 1 heterocycles. The third-order valence-electron chi connectivity index (χ3n) is 3.42. The van der Waals surface area contributed by atoms with Crippen LogP contribution in [0, 0.1) is 3.57 Å². The number of nitrogens with one attached hydrogen (secondary N) is 1. The lowest BCUT2D eigenvalue weighted by atomic mass is 9.85. The van der Waals surface area contributed by atoms with Crippen LogP contribution in [0.25, 0.3) is 11.3 Å². The van der Waals surface area contributed by atoms with Crippen molar-refractivity contribution >= 4 is 22.6 Å². The first-order chi connectivity index (χ1) is 8.75. The average molecular weight is 352 g/mol. The van der Waals surface area contributed by atoms with Crippen LogP contribution in [0.3, 0.4) is 0 Å². The van der Waals surface area contributed by atoms with Gasteiger partial charge in [0.25, 0.3) is 5.56 Å². The van der Waals surface area contributed by atoms with E-state index in [9.17, 15) is 4.79 Å². The van der Waals surface area contributed by atoms with Crippen LogP contribution in [0.1, 0.15) is 31.0 Å². The number of rotatable bonds is 2. The molecule has 1 N–H and O–H groups in total. The van der Waals surface area contributed by atoms with E-state index in [-0.39, 0.29) is 5.56 Å². The van der Waals surface area contributed by atoms with Gasteiger partial charge in [-0.1, -0.05) is 36.8 Å². The van der Waals surface area contributed by atoms with Crippen LogP contribution in [-0.4, -0.2) is 9.97 Å². The second-order valence-electron chi connectivity index (χ2n) is 4.61. The highest BCUT2D eigenvalue weighted by Crippen LogP contribution is 2.34. The molecule has 0 spiro atoms. The molecule has 3 nitrogen and oxygen atoms in total. The van der Waals surface area contributed by atoms with Gasteiger partial charge in [0.2, 0.25) is 0 Å². The number of nitrogens with zero attached hydrogens (tertiary/aromatic N) is 1. The van der Waals surface area contributed by atoms with E-state index in [2.05, 4.69) is 32.6 Å². The summed E-state index contributed by atoms with van der Waals surface area (Å²) >= 11 is 2.07. The van der Waals surface area contributed by atoms with Crippen molar-refractivity contribution in [1.29, 1.82) is 0 Å². The van der Waals surface area contributed by atoms with Crippen molar-refractivity contribution in [2.24, 2.45) is 0 Å². The van der Waals surface area contributed by atoms with E-state index in [0.29, 0.717) is 9.49 Å². The molecule has 0 amide bonds. The van der Waals surface area contributed by atoms with Gasteiger partial charge in [-0.05, 0) is 35.4 Å². The predicted octanol–water partition coefficient (Wildman–Crippen LogP) is 3.31. The molecule has 1 saturated carbocycles. The van der Waals surface area contributed by atoms with Gasteiger partial charge in [0, 0.05) is 11.5 Å². The standard InChI is InChI=1S/C14H13IN2O/c15-11-12(9-5-2-1-3-6-9)16-13(17-14(11)18)10-7-4-8-10/h1-3,5-6,10H,4,7-8H2,(H,16,17,18). The lowest BCUT2D eigenvalue weighted by Crippen LogP contribution is -2.21. The van der Waals surface area contributed by atoms with Gasteiger partial charge >= 0.3 is 0 Å². The average Bonchev–Trinajstić information content (AvgIpc) is 2.32. The maximum Gasteiger partial charge on any atom is 0.264 e. The molecular formula is C14H13IN2O. The maximum absolute atomic E-state index is 12.0. The van der Waals surface area contributed by atoms with Crippen molar-refractivity contribution in [2.75, 3.05) is 0 Å². The second kappa shape index (κ2) is 4.84. The molecule has 0 radical (unpaired) electrons. The summed E-state index contributed by atoms with van der Waals surface area (Å²) in [5.41, 5.74) is 1.79. The van der Waals surface area contributed by atoms with Crippen LogP contribution in [0.5, 0.6) is 0 Å². The van der Waals surface area contributed by atoms with Crippen molar-refractivity contribution in [3.63, 3.8) is 0 Å². The van der Waals surface area contributed by atoms with Crippen LogP contribution in [0.15, 0.2) is 35.1 Å². The number of hydrogen-bond acceptors (Lipinski definition) is 2. The number of H-pyrrole nitrogens is 1. The second-order valence-corrected chi connectivity index (χ2v) is 5.69. The van der Waals surface area contributed by atoms with Gasteiger partial charge < -0.3 is 4.98 Å². The first kappa shape index (κ1) is 11.9. The number of benzene rings is 1. The quantitative estimate of drug-likeness (QED) is 0.843. The molecule has 1 aliphatic carbocycles. The molecule has 0 atom stereocenters. The molecule has 1 aromatic carbocycles. The fourth-order valence-electron chi connectivity index (χ4n) is 2.14. The minimum Gasteiger partial charge on any atom is -0.309 e. The van der Waals surface area contributed by atoms with Gasteiger partial charge in [-0.25, -0.2) is 4.98 Å². The smallest absolute Gasteiger partial charge is 0.264 e. The maximum atomic E-state index is 12.0. The van der Waals surface area contributed by atoms with E-state index in [4.69, 9.17) is 0 Å². The number of aromatic nitrogens is 2. The monoisotopic (exact) mass is 352 g/mol. The van der Waals surface area contributed by atoms with Crippen LogP contribution in [0.4, 0.5) is 0 Å². The van der Waals surface area contributed by atoms with Gasteiger partial charge in [-0.3, -0.25) is 4.79 Å². The fourth-order valence-corrected chi connectivity index (χ4v) is 2.71. The Labute approximate surface area is 119 Å². The van der Waals surface area contributed by atoms with Gasteiger partial charge in [-0.2, -0.15) is 0 Å². The first-order valence-electron chi connectivity index (χ1n) is 6.11. The highest BCUT2D eigenvalue weighted by molar-refractivity contribution is 14.1. The normalized spacial score (nSPS) is 15.4. The van der Waals surface area contributed by atoms with Crippen molar-refractivity contribution in [3.8, 4) is 11.3 Å². The molecule has 92 valence electrons. The Kier molecular flexibility index (Phi) is 3.20. The Bertz CT molecular complexity index is 617. The molecule has 0 unspecified atom stereocenters. The summed E-state index contributed by atoms with van der Waals surface area (Å²) in [6.07, 6.45) is 3.51. The van der Waals surface area contributed by atoms with Crippen LogP contribution in [-0.2, 0) is 0 Å². The van der Waals surface area contributed by atoms with Gasteiger partial charge in [0.05, 0.1) is 5.69 Å². The molecule has 3 rings (SSSR count). The molecule has 1 aromatic heterocycles. The molecule has 0 aliphatic heterocycles. The lowest BCUT2D eigenvalue weighted by molar-refractivity contribution is 0.400. The Hall–Kier alpha value is -1.17. The Balaban J connectivity index is 2.13. The fraction of sp³-hybridized carbons (Fsp3) is 0.286. The van der Waals surface area contributed by atoms with E-state index < -0.39 is 0 Å². The van der Waals surface area contributed by atoms with Crippen LogP contribution in [0.2, 0.25) is 0 Å². The molecule has 1 fully saturated rings. The highest BCUT2D eigenvalue weighted by Gasteiger charge is 2.23. The summed E-state index contributed by atoms with van der Waals surface area (Å²) in [4.78, 5) is 19.6. The largest absolute Gasteiger partial charge is 0.309 e. The van der Waals surface area contributed by atoms with Gasteiger partial charge in [0.15, 0.2) is 0 Å². The molecule has 0 bridgehead atoms. The molecule has 1 aliphatic rings. The van der Waals surface area contributed by atoms with Gasteiger partial charge in [-0.15, -0.1) is 0 Å². The van der Waals surface area contributed by atoms with Gasteiger partial charge in [0.1, 0.15) is 9.39 Å². The molecule has 0 saturated heterocycles. The predicted molar refractivity (Wildman–Crippen MR) is 79.6 cm³/mol. The van der Waals surface area contributed by atoms with E-state index in [1.165, 1.54) is 6.42 Å². The summed E-state index contributed by atoms with van der Waals surface area (Å²) in [6, 6.07) is 9.90.